The molecule has 0 spiro atoms. The van der Waals surface area contributed by atoms with Gasteiger partial charge in [0.15, 0.2) is 0 Å². The van der Waals surface area contributed by atoms with Crippen LogP contribution < -0.4 is 5.32 Å². The first kappa shape index (κ1) is 15.9. The summed E-state index contributed by atoms with van der Waals surface area (Å²) >= 11 is 0. The van der Waals surface area contributed by atoms with Gasteiger partial charge >= 0.3 is 0 Å². The number of amides is 1. The normalized spacial score (nSPS) is 16.1. The molecule has 1 aromatic carbocycles. The molecule has 1 aromatic rings. The maximum absolute atomic E-state index is 11.9. The summed E-state index contributed by atoms with van der Waals surface area (Å²) in [5, 5.41) is 2.64. The Morgan fingerprint density at radius 1 is 1.19 bits per heavy atom. The lowest BCUT2D eigenvalue weighted by atomic mass is 9.84. The van der Waals surface area contributed by atoms with Crippen LogP contribution in [0.25, 0.3) is 0 Å². The average molecular weight is 297 g/mol. The Bertz CT molecular complexity index is 442. The molecule has 0 unspecified atom stereocenters. The molecule has 0 saturated heterocycles. The number of halogens is 2. The zero-order chi connectivity index (χ0) is 15.1. The zero-order valence-corrected chi connectivity index (χ0v) is 12.0. The molecule has 0 atom stereocenters. The lowest BCUT2D eigenvalue weighted by Gasteiger charge is -2.22. The molecular weight excluding hydrogens is 276 g/mol. The Balaban J connectivity index is 1.80. The molecule has 3 nitrogen and oxygen atoms in total. The van der Waals surface area contributed by atoms with E-state index in [0.717, 1.165) is 0 Å². The highest BCUT2D eigenvalue weighted by Crippen LogP contribution is 2.32. The summed E-state index contributed by atoms with van der Waals surface area (Å²) in [6.07, 6.45) is 3.80. The molecule has 0 radical (unpaired) electrons. The standard InChI is InChI=1S/C16H21F2NO2/c17-15(18)10-21-11-16(20)19-14-8-6-13(7-9-14)12-4-2-1-3-5-12/h6-9,12,15H,1-5,10-11H2,(H,19,20). The van der Waals surface area contributed by atoms with E-state index < -0.39 is 18.9 Å². The predicted molar refractivity (Wildman–Crippen MR) is 77.7 cm³/mol. The van der Waals surface area contributed by atoms with Gasteiger partial charge in [0.25, 0.3) is 6.43 Å². The Labute approximate surface area is 123 Å². The van der Waals surface area contributed by atoms with E-state index >= 15 is 0 Å². The molecule has 2 rings (SSSR count). The van der Waals surface area contributed by atoms with Crippen LogP contribution in [0.1, 0.15) is 43.6 Å². The molecule has 0 bridgehead atoms. The topological polar surface area (TPSA) is 38.3 Å². The number of carbonyl (C=O) groups excluding carboxylic acids is 1. The van der Waals surface area contributed by atoms with Crippen molar-refractivity contribution in [1.82, 2.24) is 0 Å². The average Bonchev–Trinajstić information content (AvgIpc) is 2.48. The Kier molecular flexibility index (Phi) is 6.11. The predicted octanol–water partition coefficient (Wildman–Crippen LogP) is 3.95. The molecule has 0 aromatic heterocycles. The SMILES string of the molecule is O=C(COCC(F)F)Nc1ccc(C2CCCCC2)cc1. The van der Waals surface area contributed by atoms with Crippen molar-refractivity contribution in [3.63, 3.8) is 0 Å². The highest BCUT2D eigenvalue weighted by Gasteiger charge is 2.15. The van der Waals surface area contributed by atoms with Crippen LogP contribution in [0, 0.1) is 0 Å². The van der Waals surface area contributed by atoms with Crippen molar-refractivity contribution in [2.24, 2.45) is 0 Å². The van der Waals surface area contributed by atoms with Crippen molar-refractivity contribution in [2.75, 3.05) is 18.5 Å². The maximum atomic E-state index is 11.9. The molecule has 1 aliphatic carbocycles. The van der Waals surface area contributed by atoms with Crippen LogP contribution in [0.3, 0.4) is 0 Å². The fourth-order valence-electron chi connectivity index (χ4n) is 2.71. The first-order valence-corrected chi connectivity index (χ1v) is 7.41. The molecule has 1 amide bonds. The van der Waals surface area contributed by atoms with Crippen molar-refractivity contribution in [1.29, 1.82) is 0 Å². The van der Waals surface area contributed by atoms with Crippen molar-refractivity contribution in [3.05, 3.63) is 29.8 Å². The number of nitrogens with one attached hydrogen (secondary N) is 1. The highest BCUT2D eigenvalue weighted by molar-refractivity contribution is 5.91. The minimum absolute atomic E-state index is 0.352. The number of ether oxygens (including phenoxy) is 1. The quantitative estimate of drug-likeness (QED) is 0.863. The Morgan fingerprint density at radius 2 is 1.86 bits per heavy atom. The van der Waals surface area contributed by atoms with E-state index in [9.17, 15) is 13.6 Å². The van der Waals surface area contributed by atoms with Crippen LogP contribution in [0.15, 0.2) is 24.3 Å². The highest BCUT2D eigenvalue weighted by atomic mass is 19.3. The minimum Gasteiger partial charge on any atom is -0.366 e. The van der Waals surface area contributed by atoms with Crippen molar-refractivity contribution in [3.8, 4) is 0 Å². The van der Waals surface area contributed by atoms with Gasteiger partial charge in [0.05, 0.1) is 0 Å². The third kappa shape index (κ3) is 5.42. The molecular formula is C16H21F2NO2. The summed E-state index contributed by atoms with van der Waals surface area (Å²) in [5.74, 6) is 0.207. The van der Waals surface area contributed by atoms with Gasteiger partial charge in [-0.1, -0.05) is 31.4 Å². The molecule has 1 N–H and O–H groups in total. The van der Waals surface area contributed by atoms with Crippen molar-refractivity contribution < 1.29 is 18.3 Å². The summed E-state index contributed by atoms with van der Waals surface area (Å²) in [6.45, 7) is -1.07. The number of hydrogen-bond acceptors (Lipinski definition) is 2. The van der Waals surface area contributed by atoms with Gasteiger partial charge in [-0.15, -0.1) is 0 Å². The van der Waals surface area contributed by atoms with E-state index in [1.54, 1.807) is 0 Å². The summed E-state index contributed by atoms with van der Waals surface area (Å²) in [5.41, 5.74) is 1.97. The number of hydrogen-bond donors (Lipinski definition) is 1. The second kappa shape index (κ2) is 8.08. The van der Waals surface area contributed by atoms with Crippen LogP contribution in [-0.2, 0) is 9.53 Å². The fraction of sp³-hybridized carbons (Fsp3) is 0.562. The Hall–Kier alpha value is -1.49. The second-order valence-electron chi connectivity index (χ2n) is 5.41. The van der Waals surface area contributed by atoms with Crippen molar-refractivity contribution >= 4 is 11.6 Å². The van der Waals surface area contributed by atoms with Crippen LogP contribution in [-0.4, -0.2) is 25.5 Å². The van der Waals surface area contributed by atoms with Gasteiger partial charge in [-0.25, -0.2) is 8.78 Å². The van der Waals surface area contributed by atoms with Crippen LogP contribution in [0.5, 0.6) is 0 Å². The van der Waals surface area contributed by atoms with E-state index in [1.807, 2.05) is 24.3 Å². The number of carbonyl (C=O) groups is 1. The summed E-state index contributed by atoms with van der Waals surface area (Å²) in [6, 6.07) is 7.78. The van der Waals surface area contributed by atoms with Crippen molar-refractivity contribution in [2.45, 2.75) is 44.4 Å². The molecule has 21 heavy (non-hydrogen) atoms. The van der Waals surface area contributed by atoms with E-state index in [2.05, 4.69) is 10.1 Å². The van der Waals surface area contributed by atoms with Gasteiger partial charge in [0.2, 0.25) is 5.91 Å². The number of anilines is 1. The van der Waals surface area contributed by atoms with Gasteiger partial charge < -0.3 is 10.1 Å². The lowest BCUT2D eigenvalue weighted by molar-refractivity contribution is -0.121. The number of benzene rings is 1. The first-order chi connectivity index (χ1) is 10.1. The van der Waals surface area contributed by atoms with Crippen LogP contribution >= 0.6 is 0 Å². The molecule has 0 aliphatic heterocycles. The molecule has 5 heteroatoms. The summed E-state index contributed by atoms with van der Waals surface area (Å²) in [4.78, 5) is 11.5. The fourth-order valence-corrected chi connectivity index (χ4v) is 2.71. The van der Waals surface area contributed by atoms with Gasteiger partial charge in [-0.2, -0.15) is 0 Å². The first-order valence-electron chi connectivity index (χ1n) is 7.41. The minimum atomic E-state index is -2.55. The monoisotopic (exact) mass is 297 g/mol. The van der Waals surface area contributed by atoms with Gasteiger partial charge in [0.1, 0.15) is 13.2 Å². The van der Waals surface area contributed by atoms with Crippen LogP contribution in [0.4, 0.5) is 14.5 Å². The third-order valence-corrected chi connectivity index (χ3v) is 3.75. The van der Waals surface area contributed by atoms with E-state index in [0.29, 0.717) is 11.6 Å². The van der Waals surface area contributed by atoms with Gasteiger partial charge in [-0.05, 0) is 36.5 Å². The molecule has 116 valence electrons. The lowest BCUT2D eigenvalue weighted by Crippen LogP contribution is -2.20. The molecule has 1 aliphatic rings. The number of rotatable bonds is 6. The molecule has 1 saturated carbocycles. The number of alkyl halides is 2. The summed E-state index contributed by atoms with van der Waals surface area (Å²) in [7, 11) is 0. The maximum Gasteiger partial charge on any atom is 0.261 e. The summed E-state index contributed by atoms with van der Waals surface area (Å²) < 4.78 is 28.3. The largest absolute Gasteiger partial charge is 0.366 e. The second-order valence-corrected chi connectivity index (χ2v) is 5.41. The zero-order valence-electron chi connectivity index (χ0n) is 12.0. The smallest absolute Gasteiger partial charge is 0.261 e. The molecule has 1 fully saturated rings. The van der Waals surface area contributed by atoms with E-state index in [1.165, 1.54) is 37.7 Å². The van der Waals surface area contributed by atoms with Crippen LogP contribution in [0.2, 0.25) is 0 Å². The Morgan fingerprint density at radius 3 is 2.48 bits per heavy atom. The van der Waals surface area contributed by atoms with E-state index in [-0.39, 0.29) is 6.61 Å². The third-order valence-electron chi connectivity index (χ3n) is 3.75. The van der Waals surface area contributed by atoms with Gasteiger partial charge in [-0.3, -0.25) is 4.79 Å². The van der Waals surface area contributed by atoms with E-state index in [4.69, 9.17) is 0 Å². The van der Waals surface area contributed by atoms with Gasteiger partial charge in [0, 0.05) is 5.69 Å². The molecule has 0 heterocycles.